The molecule has 1 fully saturated rings. The largest absolute Gasteiger partial charge is 0.494 e. The Kier molecular flexibility index (Phi) is 4.92. The van der Waals surface area contributed by atoms with Crippen molar-refractivity contribution >= 4 is 10.0 Å². The molecule has 1 atom stereocenters. The van der Waals surface area contributed by atoms with Gasteiger partial charge in [0.2, 0.25) is 10.0 Å². The lowest BCUT2D eigenvalue weighted by Gasteiger charge is -2.16. The van der Waals surface area contributed by atoms with Crippen LogP contribution in [0.3, 0.4) is 0 Å². The van der Waals surface area contributed by atoms with Gasteiger partial charge in [-0.25, -0.2) is 8.42 Å². The van der Waals surface area contributed by atoms with Gasteiger partial charge in [-0.05, 0) is 25.0 Å². The van der Waals surface area contributed by atoms with Gasteiger partial charge in [0, 0.05) is 13.1 Å². The van der Waals surface area contributed by atoms with Crippen LogP contribution in [0.4, 0.5) is 0 Å². The third kappa shape index (κ3) is 4.08. The standard InChI is InChI=1S/C15H20N4O3S/c20-23(21,12-4-11-22-15-5-2-1-3-6-15)18-10-7-14(13-18)19-16-8-9-17-19/h1-3,5-6,8-9,14H,4,7,10-13H2. The average molecular weight is 336 g/mol. The van der Waals surface area contributed by atoms with E-state index in [9.17, 15) is 8.42 Å². The first-order valence-corrected chi connectivity index (χ1v) is 9.27. The van der Waals surface area contributed by atoms with Crippen LogP contribution in [0.2, 0.25) is 0 Å². The molecule has 0 bridgehead atoms. The molecule has 8 heteroatoms. The minimum Gasteiger partial charge on any atom is -0.494 e. The summed E-state index contributed by atoms with van der Waals surface area (Å²) in [5.74, 6) is 0.856. The van der Waals surface area contributed by atoms with Gasteiger partial charge in [0.15, 0.2) is 0 Å². The maximum Gasteiger partial charge on any atom is 0.214 e. The van der Waals surface area contributed by atoms with Crippen molar-refractivity contribution in [3.63, 3.8) is 0 Å². The number of ether oxygens (including phenoxy) is 1. The Labute approximate surface area is 135 Å². The van der Waals surface area contributed by atoms with Crippen LogP contribution in [0.5, 0.6) is 5.75 Å². The van der Waals surface area contributed by atoms with E-state index >= 15 is 0 Å². The van der Waals surface area contributed by atoms with Crippen molar-refractivity contribution in [2.45, 2.75) is 18.9 Å². The van der Waals surface area contributed by atoms with Crippen LogP contribution < -0.4 is 4.74 Å². The van der Waals surface area contributed by atoms with E-state index in [1.807, 2.05) is 30.3 Å². The molecule has 1 aromatic carbocycles. The molecule has 23 heavy (non-hydrogen) atoms. The number of benzene rings is 1. The quantitative estimate of drug-likeness (QED) is 0.713. The fourth-order valence-corrected chi connectivity index (χ4v) is 4.17. The summed E-state index contributed by atoms with van der Waals surface area (Å²) in [5, 5.41) is 8.18. The molecule has 7 nitrogen and oxygen atoms in total. The Morgan fingerprint density at radius 2 is 1.91 bits per heavy atom. The molecule has 1 aliphatic rings. The van der Waals surface area contributed by atoms with E-state index in [0.29, 0.717) is 26.1 Å². The molecule has 0 spiro atoms. The van der Waals surface area contributed by atoms with Gasteiger partial charge in [-0.15, -0.1) is 0 Å². The molecule has 0 aliphatic carbocycles. The summed E-state index contributed by atoms with van der Waals surface area (Å²) in [6.07, 6.45) is 4.43. The molecular formula is C15H20N4O3S. The van der Waals surface area contributed by atoms with Gasteiger partial charge in [0.05, 0.1) is 30.8 Å². The Balaban J connectivity index is 1.46. The normalized spacial score (nSPS) is 19.0. The number of hydrogen-bond donors (Lipinski definition) is 0. The molecule has 1 saturated heterocycles. The number of rotatable bonds is 7. The molecule has 1 aliphatic heterocycles. The SMILES string of the molecule is O=S(=O)(CCCOc1ccccc1)N1CCC(n2nccn2)C1. The van der Waals surface area contributed by atoms with Gasteiger partial charge >= 0.3 is 0 Å². The Bertz CT molecular complexity index is 704. The van der Waals surface area contributed by atoms with Crippen LogP contribution in [-0.4, -0.2) is 53.2 Å². The minimum atomic E-state index is -3.25. The van der Waals surface area contributed by atoms with Gasteiger partial charge < -0.3 is 4.74 Å². The van der Waals surface area contributed by atoms with Crippen molar-refractivity contribution < 1.29 is 13.2 Å². The van der Waals surface area contributed by atoms with Gasteiger partial charge in [-0.3, -0.25) is 0 Å². The smallest absolute Gasteiger partial charge is 0.214 e. The van der Waals surface area contributed by atoms with Gasteiger partial charge in [0.1, 0.15) is 5.75 Å². The summed E-state index contributed by atoms with van der Waals surface area (Å²) in [5.41, 5.74) is 0. The fourth-order valence-electron chi connectivity index (χ4n) is 2.64. The van der Waals surface area contributed by atoms with Gasteiger partial charge in [0.25, 0.3) is 0 Å². The highest BCUT2D eigenvalue weighted by Gasteiger charge is 2.32. The zero-order valence-corrected chi connectivity index (χ0v) is 13.6. The first-order valence-electron chi connectivity index (χ1n) is 7.66. The number of para-hydroxylation sites is 1. The second-order valence-corrected chi connectivity index (χ2v) is 7.57. The highest BCUT2D eigenvalue weighted by molar-refractivity contribution is 7.89. The molecule has 0 amide bonds. The second-order valence-electron chi connectivity index (χ2n) is 5.48. The third-order valence-electron chi connectivity index (χ3n) is 3.84. The molecule has 0 N–H and O–H groups in total. The van der Waals surface area contributed by atoms with E-state index in [2.05, 4.69) is 10.2 Å². The van der Waals surface area contributed by atoms with Crippen LogP contribution in [0.25, 0.3) is 0 Å². The highest BCUT2D eigenvalue weighted by Crippen LogP contribution is 2.23. The third-order valence-corrected chi connectivity index (χ3v) is 5.76. The van der Waals surface area contributed by atoms with E-state index in [4.69, 9.17) is 4.74 Å². The van der Waals surface area contributed by atoms with Crippen LogP contribution in [0.1, 0.15) is 18.9 Å². The van der Waals surface area contributed by atoms with Crippen LogP contribution in [-0.2, 0) is 10.0 Å². The van der Waals surface area contributed by atoms with Crippen molar-refractivity contribution in [3.05, 3.63) is 42.7 Å². The van der Waals surface area contributed by atoms with Crippen LogP contribution >= 0.6 is 0 Å². The predicted octanol–water partition coefficient (Wildman–Crippen LogP) is 1.32. The predicted molar refractivity (Wildman–Crippen MR) is 85.6 cm³/mol. The molecule has 2 aromatic rings. The maximum absolute atomic E-state index is 12.4. The molecule has 3 rings (SSSR count). The first-order chi connectivity index (χ1) is 11.1. The molecular weight excluding hydrogens is 316 g/mol. The number of sulfonamides is 1. The molecule has 124 valence electrons. The van der Waals surface area contributed by atoms with Crippen molar-refractivity contribution in [1.82, 2.24) is 19.3 Å². The monoisotopic (exact) mass is 336 g/mol. The van der Waals surface area contributed by atoms with E-state index in [0.717, 1.165) is 12.2 Å². The summed E-state index contributed by atoms with van der Waals surface area (Å²) in [4.78, 5) is 1.59. The number of aromatic nitrogens is 3. The summed E-state index contributed by atoms with van der Waals surface area (Å²) in [7, 11) is -3.25. The topological polar surface area (TPSA) is 77.3 Å². The summed E-state index contributed by atoms with van der Waals surface area (Å²) >= 11 is 0. The molecule has 0 radical (unpaired) electrons. The van der Waals surface area contributed by atoms with Crippen molar-refractivity contribution in [2.75, 3.05) is 25.4 Å². The highest BCUT2D eigenvalue weighted by atomic mass is 32.2. The number of hydrogen-bond acceptors (Lipinski definition) is 5. The van der Waals surface area contributed by atoms with E-state index in [-0.39, 0.29) is 11.8 Å². The van der Waals surface area contributed by atoms with Crippen molar-refractivity contribution in [3.8, 4) is 5.75 Å². The lowest BCUT2D eigenvalue weighted by Crippen LogP contribution is -2.32. The number of nitrogens with zero attached hydrogens (tertiary/aromatic N) is 4. The maximum atomic E-state index is 12.4. The lowest BCUT2D eigenvalue weighted by molar-refractivity contribution is 0.316. The zero-order chi connectivity index (χ0) is 16.1. The van der Waals surface area contributed by atoms with Crippen molar-refractivity contribution in [2.24, 2.45) is 0 Å². The summed E-state index contributed by atoms with van der Waals surface area (Å²) < 4.78 is 31.8. The summed E-state index contributed by atoms with van der Waals surface area (Å²) in [6, 6.07) is 9.43. The molecule has 1 aromatic heterocycles. The van der Waals surface area contributed by atoms with Gasteiger partial charge in [-0.1, -0.05) is 18.2 Å². The fraction of sp³-hybridized carbons (Fsp3) is 0.467. The van der Waals surface area contributed by atoms with Crippen molar-refractivity contribution in [1.29, 1.82) is 0 Å². The summed E-state index contributed by atoms with van der Waals surface area (Å²) in [6.45, 7) is 1.35. The minimum absolute atomic E-state index is 0.0281. The second kappa shape index (κ2) is 7.10. The lowest BCUT2D eigenvalue weighted by atomic mass is 10.3. The Morgan fingerprint density at radius 1 is 1.17 bits per heavy atom. The van der Waals surface area contributed by atoms with Gasteiger partial charge in [-0.2, -0.15) is 19.3 Å². The molecule has 1 unspecified atom stereocenters. The van der Waals surface area contributed by atoms with E-state index < -0.39 is 10.0 Å². The zero-order valence-electron chi connectivity index (χ0n) is 12.8. The first kappa shape index (κ1) is 15.9. The molecule has 0 saturated carbocycles. The average Bonchev–Trinajstić information content (AvgIpc) is 3.23. The van der Waals surface area contributed by atoms with Crippen LogP contribution in [0.15, 0.2) is 42.7 Å². The molecule has 2 heterocycles. The Hall–Kier alpha value is -1.93. The van der Waals surface area contributed by atoms with E-state index in [1.165, 1.54) is 4.31 Å². The van der Waals surface area contributed by atoms with Crippen LogP contribution in [0, 0.1) is 0 Å². The Morgan fingerprint density at radius 3 is 2.65 bits per heavy atom. The van der Waals surface area contributed by atoms with E-state index in [1.54, 1.807) is 17.2 Å².